The molecule has 1 aromatic carbocycles. The van der Waals surface area contributed by atoms with Gasteiger partial charge in [0, 0.05) is 44.6 Å². The Hall–Kier alpha value is -2.75. The molecule has 0 saturated carbocycles. The lowest BCUT2D eigenvalue weighted by Gasteiger charge is -2.19. The number of benzene rings is 1. The fourth-order valence-electron chi connectivity index (χ4n) is 2.92. The Labute approximate surface area is 176 Å². The van der Waals surface area contributed by atoms with Crippen molar-refractivity contribution in [1.82, 2.24) is 18.6 Å². The number of hydrogen-bond donors (Lipinski definition) is 1. The molecule has 1 N–H and O–H groups in total. The lowest BCUT2D eigenvalue weighted by Crippen LogP contribution is -2.35. The summed E-state index contributed by atoms with van der Waals surface area (Å²) in [5, 5.41) is 0.764. The highest BCUT2D eigenvalue weighted by molar-refractivity contribution is 7.87. The van der Waals surface area contributed by atoms with Gasteiger partial charge in [-0.2, -0.15) is 17.4 Å². The summed E-state index contributed by atoms with van der Waals surface area (Å²) >= 11 is 0. The molecule has 9 heteroatoms. The van der Waals surface area contributed by atoms with E-state index in [2.05, 4.69) is 9.71 Å². The zero-order valence-electron chi connectivity index (χ0n) is 17.7. The first kappa shape index (κ1) is 21.9. The minimum Gasteiger partial charge on any atom is -0.443 e. The van der Waals surface area contributed by atoms with Gasteiger partial charge in [-0.15, -0.1) is 0 Å². The van der Waals surface area contributed by atoms with Gasteiger partial charge in [-0.25, -0.2) is 4.79 Å². The lowest BCUT2D eigenvalue weighted by molar-refractivity contribution is 0.0544. The van der Waals surface area contributed by atoms with E-state index in [1.807, 2.05) is 30.3 Å². The number of ether oxygens (including phenoxy) is 1. The van der Waals surface area contributed by atoms with Crippen molar-refractivity contribution in [2.45, 2.75) is 32.9 Å². The summed E-state index contributed by atoms with van der Waals surface area (Å²) < 4.78 is 34.8. The van der Waals surface area contributed by atoms with Crippen LogP contribution >= 0.6 is 0 Å². The van der Waals surface area contributed by atoms with Crippen LogP contribution in [0, 0.1) is 0 Å². The molecule has 0 bridgehead atoms. The molecule has 3 aromatic rings. The molecule has 8 nitrogen and oxygen atoms in total. The molecule has 30 heavy (non-hydrogen) atoms. The van der Waals surface area contributed by atoms with Crippen LogP contribution in [0.25, 0.3) is 22.0 Å². The molecule has 2 heterocycles. The summed E-state index contributed by atoms with van der Waals surface area (Å²) in [4.78, 5) is 16.9. The quantitative estimate of drug-likeness (QED) is 0.670. The van der Waals surface area contributed by atoms with Crippen LogP contribution in [0.1, 0.15) is 26.3 Å². The van der Waals surface area contributed by atoms with Crippen molar-refractivity contribution in [3.8, 4) is 11.1 Å². The molecule has 0 atom stereocenters. The summed E-state index contributed by atoms with van der Waals surface area (Å²) in [6, 6.07) is 9.47. The molecule has 0 aliphatic rings. The highest BCUT2D eigenvalue weighted by atomic mass is 32.2. The van der Waals surface area contributed by atoms with Gasteiger partial charge in [0.2, 0.25) is 0 Å². The van der Waals surface area contributed by atoms with E-state index in [4.69, 9.17) is 4.74 Å². The second kappa shape index (κ2) is 8.17. The fraction of sp³-hybridized carbons (Fsp3) is 0.333. The van der Waals surface area contributed by atoms with Crippen molar-refractivity contribution in [3.05, 3.63) is 54.5 Å². The third-order valence-electron chi connectivity index (χ3n) is 4.42. The molecule has 0 radical (unpaired) electrons. The first-order valence-corrected chi connectivity index (χ1v) is 10.9. The van der Waals surface area contributed by atoms with Crippen LogP contribution in [0.4, 0.5) is 4.79 Å². The number of nitrogens with one attached hydrogen (secondary N) is 1. The minimum atomic E-state index is -3.61. The SMILES string of the molecule is CN(C)S(=O)(=O)NCc1cn(C(=O)OC(C)(C)C)c2cc(-c3ccncc3)ccc12. The van der Waals surface area contributed by atoms with Gasteiger partial charge in [-0.1, -0.05) is 12.1 Å². The topological polar surface area (TPSA) is 93.5 Å². The van der Waals surface area contributed by atoms with Crippen LogP contribution in [-0.2, 0) is 21.5 Å². The number of aromatic nitrogens is 2. The Balaban J connectivity index is 2.08. The number of carbonyl (C=O) groups is 1. The standard InChI is InChI=1S/C21H26N4O4S/c1-21(2,3)29-20(26)25-14-17(13-23-30(27,28)24(4)5)18-7-6-16(12-19(18)25)15-8-10-22-11-9-15/h6-12,14,23H,13H2,1-5H3. The highest BCUT2D eigenvalue weighted by Crippen LogP contribution is 2.28. The van der Waals surface area contributed by atoms with Gasteiger partial charge in [0.25, 0.3) is 10.2 Å². The van der Waals surface area contributed by atoms with Crippen molar-refractivity contribution >= 4 is 27.2 Å². The second-order valence-corrected chi connectivity index (χ2v) is 10.1. The molecule has 0 saturated heterocycles. The predicted octanol–water partition coefficient (Wildman–Crippen LogP) is 3.38. The Bertz CT molecular complexity index is 1160. The van der Waals surface area contributed by atoms with E-state index in [0.717, 1.165) is 20.8 Å². The van der Waals surface area contributed by atoms with Crippen LogP contribution in [0.3, 0.4) is 0 Å². The number of carbonyl (C=O) groups excluding carboxylic acids is 1. The van der Waals surface area contributed by atoms with Crippen LogP contribution in [-0.4, -0.2) is 48.1 Å². The van der Waals surface area contributed by atoms with Gasteiger partial charge in [-0.05, 0) is 55.7 Å². The first-order valence-electron chi connectivity index (χ1n) is 9.43. The lowest BCUT2D eigenvalue weighted by atomic mass is 10.0. The van der Waals surface area contributed by atoms with Crippen LogP contribution in [0.15, 0.2) is 48.9 Å². The average molecular weight is 431 g/mol. The maximum Gasteiger partial charge on any atom is 0.419 e. The molecule has 0 aliphatic carbocycles. The Morgan fingerprint density at radius 2 is 1.80 bits per heavy atom. The van der Waals surface area contributed by atoms with Gasteiger partial charge in [0.1, 0.15) is 5.60 Å². The Kier molecular flexibility index (Phi) is 5.98. The maximum absolute atomic E-state index is 12.8. The van der Waals surface area contributed by atoms with Crippen molar-refractivity contribution in [2.75, 3.05) is 14.1 Å². The average Bonchev–Trinajstić information content (AvgIpc) is 3.04. The second-order valence-electron chi connectivity index (χ2n) is 8.08. The first-order chi connectivity index (χ1) is 14.0. The molecule has 160 valence electrons. The van der Waals surface area contributed by atoms with Crippen LogP contribution in [0.2, 0.25) is 0 Å². The molecular weight excluding hydrogens is 404 g/mol. The summed E-state index contributed by atoms with van der Waals surface area (Å²) in [6.07, 6.45) is 4.50. The predicted molar refractivity (Wildman–Crippen MR) is 116 cm³/mol. The van der Waals surface area contributed by atoms with E-state index < -0.39 is 21.9 Å². The van der Waals surface area contributed by atoms with Gasteiger partial charge in [0.15, 0.2) is 0 Å². The molecule has 0 amide bonds. The summed E-state index contributed by atoms with van der Waals surface area (Å²) in [5.74, 6) is 0. The smallest absolute Gasteiger partial charge is 0.419 e. The Morgan fingerprint density at radius 1 is 1.13 bits per heavy atom. The number of hydrogen-bond acceptors (Lipinski definition) is 5. The van der Waals surface area contributed by atoms with E-state index in [9.17, 15) is 13.2 Å². The molecular formula is C21H26N4O4S. The summed E-state index contributed by atoms with van der Waals surface area (Å²) in [5.41, 5.74) is 2.51. The number of fused-ring (bicyclic) bond motifs is 1. The fourth-order valence-corrected chi connectivity index (χ4v) is 3.52. The maximum atomic E-state index is 12.8. The minimum absolute atomic E-state index is 0.0431. The third-order valence-corrected chi connectivity index (χ3v) is 5.89. The third kappa shape index (κ3) is 4.86. The Morgan fingerprint density at radius 3 is 2.40 bits per heavy atom. The molecule has 0 aliphatic heterocycles. The zero-order chi connectivity index (χ0) is 22.1. The number of pyridine rings is 1. The number of rotatable bonds is 5. The van der Waals surface area contributed by atoms with E-state index in [-0.39, 0.29) is 6.54 Å². The van der Waals surface area contributed by atoms with E-state index in [0.29, 0.717) is 11.1 Å². The zero-order valence-corrected chi connectivity index (χ0v) is 18.5. The van der Waals surface area contributed by atoms with Crippen molar-refractivity contribution < 1.29 is 17.9 Å². The van der Waals surface area contributed by atoms with E-state index in [1.165, 1.54) is 18.7 Å². The normalized spacial score (nSPS) is 12.5. The summed E-state index contributed by atoms with van der Waals surface area (Å²) in [6.45, 7) is 5.43. The monoisotopic (exact) mass is 430 g/mol. The van der Waals surface area contributed by atoms with E-state index in [1.54, 1.807) is 39.4 Å². The van der Waals surface area contributed by atoms with Crippen molar-refractivity contribution in [2.24, 2.45) is 0 Å². The highest BCUT2D eigenvalue weighted by Gasteiger charge is 2.22. The number of nitrogens with zero attached hydrogens (tertiary/aromatic N) is 3. The van der Waals surface area contributed by atoms with Crippen LogP contribution in [0.5, 0.6) is 0 Å². The molecule has 2 aromatic heterocycles. The van der Waals surface area contributed by atoms with Crippen molar-refractivity contribution in [1.29, 1.82) is 0 Å². The van der Waals surface area contributed by atoms with E-state index >= 15 is 0 Å². The molecule has 0 fully saturated rings. The molecule has 0 spiro atoms. The van der Waals surface area contributed by atoms with Crippen molar-refractivity contribution in [3.63, 3.8) is 0 Å². The van der Waals surface area contributed by atoms with Gasteiger partial charge in [-0.3, -0.25) is 9.55 Å². The summed E-state index contributed by atoms with van der Waals surface area (Å²) in [7, 11) is -0.702. The van der Waals surface area contributed by atoms with Gasteiger partial charge < -0.3 is 4.74 Å². The molecule has 0 unspecified atom stereocenters. The largest absolute Gasteiger partial charge is 0.443 e. The van der Waals surface area contributed by atoms with Crippen LogP contribution < -0.4 is 4.72 Å². The molecule has 3 rings (SSSR count). The van der Waals surface area contributed by atoms with Gasteiger partial charge in [0.05, 0.1) is 5.52 Å². The van der Waals surface area contributed by atoms with Gasteiger partial charge >= 0.3 is 6.09 Å².